The number of aromatic amines is 1. The van der Waals surface area contributed by atoms with Gasteiger partial charge in [0.25, 0.3) is 5.56 Å². The van der Waals surface area contributed by atoms with Gasteiger partial charge in [0.2, 0.25) is 5.95 Å². The molecule has 0 fully saturated rings. The van der Waals surface area contributed by atoms with Crippen LogP contribution in [-0.2, 0) is 9.09 Å². The minimum Gasteiger partial charge on any atom is -0.369 e. The fourth-order valence-corrected chi connectivity index (χ4v) is 2.85. The molecular formula is C11H14N5O5P. The number of hydrogen-bond donors (Lipinski definition) is 4. The normalized spacial score (nSPS) is 21.7. The van der Waals surface area contributed by atoms with E-state index in [-0.39, 0.29) is 30.0 Å². The van der Waals surface area contributed by atoms with Gasteiger partial charge in [-0.3, -0.25) is 14.3 Å². The highest BCUT2D eigenvalue weighted by atomic mass is 31.2. The summed E-state index contributed by atoms with van der Waals surface area (Å²) in [6.45, 7) is -0.0833. The van der Waals surface area contributed by atoms with Crippen molar-refractivity contribution in [3.63, 3.8) is 0 Å². The third kappa shape index (κ3) is 2.95. The smallest absolute Gasteiger partial charge is 0.369 e. The second-order valence-corrected chi connectivity index (χ2v) is 6.25. The summed E-state index contributed by atoms with van der Waals surface area (Å²) in [7, 11) is -4.48. The number of nitrogens with zero attached hydrogens (tertiary/aromatic N) is 3. The lowest BCUT2D eigenvalue weighted by Crippen LogP contribution is -2.14. The maximum atomic E-state index is 11.7. The largest absolute Gasteiger partial charge is 0.469 e. The molecule has 3 rings (SSSR count). The maximum Gasteiger partial charge on any atom is 0.469 e. The topological polar surface area (TPSA) is 156 Å². The van der Waals surface area contributed by atoms with Crippen LogP contribution >= 0.6 is 7.82 Å². The number of phosphoric acid groups is 1. The Bertz CT molecular complexity index is 837. The molecule has 11 heteroatoms. The van der Waals surface area contributed by atoms with E-state index in [1.165, 1.54) is 6.33 Å². The summed E-state index contributed by atoms with van der Waals surface area (Å²) >= 11 is 0. The van der Waals surface area contributed by atoms with Crippen LogP contribution in [0.1, 0.15) is 12.5 Å². The molecule has 5 N–H and O–H groups in total. The summed E-state index contributed by atoms with van der Waals surface area (Å²) in [6.07, 6.45) is 5.71. The number of anilines is 1. The van der Waals surface area contributed by atoms with E-state index >= 15 is 0 Å². The van der Waals surface area contributed by atoms with Gasteiger partial charge in [0.1, 0.15) is 0 Å². The minimum absolute atomic E-state index is 0.00242. The zero-order valence-corrected chi connectivity index (χ0v) is 12.2. The number of nitrogens with one attached hydrogen (secondary N) is 1. The molecule has 0 radical (unpaired) electrons. The predicted molar refractivity (Wildman–Crippen MR) is 76.8 cm³/mol. The second kappa shape index (κ2) is 5.33. The van der Waals surface area contributed by atoms with E-state index in [1.54, 1.807) is 4.57 Å². The molecule has 118 valence electrons. The van der Waals surface area contributed by atoms with Gasteiger partial charge in [0, 0.05) is 5.92 Å². The van der Waals surface area contributed by atoms with Crippen molar-refractivity contribution in [1.82, 2.24) is 19.5 Å². The van der Waals surface area contributed by atoms with E-state index in [9.17, 15) is 9.36 Å². The number of allylic oxidation sites excluding steroid dienone is 1. The Kier molecular flexibility index (Phi) is 3.61. The van der Waals surface area contributed by atoms with Crippen LogP contribution in [0.3, 0.4) is 0 Å². The summed E-state index contributed by atoms with van der Waals surface area (Å²) in [5, 5.41) is 0. The molecule has 22 heavy (non-hydrogen) atoms. The van der Waals surface area contributed by atoms with Crippen molar-refractivity contribution in [3.8, 4) is 0 Å². The lowest BCUT2D eigenvalue weighted by Gasteiger charge is -2.14. The molecule has 2 atom stereocenters. The van der Waals surface area contributed by atoms with Crippen molar-refractivity contribution < 1.29 is 18.9 Å². The van der Waals surface area contributed by atoms with Crippen LogP contribution in [0.25, 0.3) is 11.2 Å². The summed E-state index contributed by atoms with van der Waals surface area (Å²) in [4.78, 5) is 39.6. The molecule has 2 unspecified atom stereocenters. The van der Waals surface area contributed by atoms with Crippen LogP contribution in [0.15, 0.2) is 23.3 Å². The van der Waals surface area contributed by atoms with E-state index in [0.29, 0.717) is 12.1 Å². The predicted octanol–water partition coefficient (Wildman–Crippen LogP) is -0.0717. The van der Waals surface area contributed by atoms with Crippen molar-refractivity contribution in [2.45, 2.75) is 12.5 Å². The summed E-state index contributed by atoms with van der Waals surface area (Å²) in [6, 6.07) is -0.135. The molecule has 10 nitrogen and oxygen atoms in total. The molecular weight excluding hydrogens is 313 g/mol. The first-order valence-corrected chi connectivity index (χ1v) is 7.97. The molecule has 1 aliphatic carbocycles. The van der Waals surface area contributed by atoms with Gasteiger partial charge >= 0.3 is 7.82 Å². The minimum atomic E-state index is -4.48. The second-order valence-electron chi connectivity index (χ2n) is 5.01. The highest BCUT2D eigenvalue weighted by molar-refractivity contribution is 7.46. The SMILES string of the molecule is Nc1nc2c(ncn2C2C=CC(COP(=O)(O)O)C2)c(=O)[nH]1. The van der Waals surface area contributed by atoms with Crippen molar-refractivity contribution >= 4 is 24.9 Å². The standard InChI is InChI=1S/C11H14N5O5P/c12-11-14-9-8(10(17)15-11)13-5-16(9)7-2-1-6(3-7)4-21-22(18,19)20/h1-2,5-7H,3-4H2,(H2,18,19,20)(H3,12,14,15,17). The summed E-state index contributed by atoms with van der Waals surface area (Å²) in [5.41, 5.74) is 5.69. The number of rotatable bonds is 4. The van der Waals surface area contributed by atoms with Gasteiger partial charge in [-0.05, 0) is 6.42 Å². The van der Waals surface area contributed by atoms with Crippen LogP contribution in [0.2, 0.25) is 0 Å². The maximum absolute atomic E-state index is 11.7. The van der Waals surface area contributed by atoms with Crippen LogP contribution < -0.4 is 11.3 Å². The lowest BCUT2D eigenvalue weighted by molar-refractivity contribution is 0.177. The van der Waals surface area contributed by atoms with Gasteiger partial charge in [-0.2, -0.15) is 4.98 Å². The molecule has 0 aliphatic heterocycles. The molecule has 0 bridgehead atoms. The van der Waals surface area contributed by atoms with Gasteiger partial charge < -0.3 is 20.1 Å². The van der Waals surface area contributed by atoms with Crippen LogP contribution in [0, 0.1) is 5.92 Å². The monoisotopic (exact) mass is 327 g/mol. The number of nitrogen functional groups attached to an aromatic ring is 1. The van der Waals surface area contributed by atoms with E-state index in [4.69, 9.17) is 15.5 Å². The quantitative estimate of drug-likeness (QED) is 0.449. The van der Waals surface area contributed by atoms with Crippen LogP contribution in [0.5, 0.6) is 0 Å². The molecule has 0 spiro atoms. The number of imidazole rings is 1. The molecule has 2 aromatic rings. The third-order valence-electron chi connectivity index (χ3n) is 3.41. The van der Waals surface area contributed by atoms with E-state index in [1.807, 2.05) is 12.2 Å². The molecule has 0 saturated heterocycles. The molecule has 1 aliphatic rings. The molecule has 2 aromatic heterocycles. The molecule has 0 amide bonds. The average molecular weight is 327 g/mol. The Balaban J connectivity index is 1.81. The number of phosphoric ester groups is 1. The first kappa shape index (κ1) is 14.9. The number of fused-ring (bicyclic) bond motifs is 1. The third-order valence-corrected chi connectivity index (χ3v) is 3.90. The Morgan fingerprint density at radius 1 is 1.50 bits per heavy atom. The fourth-order valence-electron chi connectivity index (χ4n) is 2.46. The van der Waals surface area contributed by atoms with Crippen LogP contribution in [-0.4, -0.2) is 35.9 Å². The van der Waals surface area contributed by atoms with Gasteiger partial charge in [-0.15, -0.1) is 0 Å². The number of aromatic nitrogens is 4. The lowest BCUT2D eigenvalue weighted by atomic mass is 10.1. The Morgan fingerprint density at radius 3 is 3.00 bits per heavy atom. The number of nitrogens with two attached hydrogens (primary N) is 1. The highest BCUT2D eigenvalue weighted by Gasteiger charge is 2.25. The van der Waals surface area contributed by atoms with Gasteiger partial charge in [-0.25, -0.2) is 9.55 Å². The number of hydrogen-bond acceptors (Lipinski definition) is 6. The first-order chi connectivity index (χ1) is 10.3. The number of H-pyrrole nitrogens is 1. The summed E-state index contributed by atoms with van der Waals surface area (Å²) < 4.78 is 16.9. The van der Waals surface area contributed by atoms with Crippen molar-refractivity contribution in [2.24, 2.45) is 5.92 Å². The molecule has 0 aromatic carbocycles. The van der Waals surface area contributed by atoms with Crippen LogP contribution in [0.4, 0.5) is 5.95 Å². The average Bonchev–Trinajstić information content (AvgIpc) is 3.01. The zero-order chi connectivity index (χ0) is 15.9. The summed E-state index contributed by atoms with van der Waals surface area (Å²) in [5.74, 6) is -0.142. The van der Waals surface area contributed by atoms with E-state index in [2.05, 4.69) is 19.5 Å². The van der Waals surface area contributed by atoms with Gasteiger partial charge in [0.05, 0.1) is 19.0 Å². The van der Waals surface area contributed by atoms with E-state index in [0.717, 1.165) is 0 Å². The Hall–Kier alpha value is -2.00. The molecule has 2 heterocycles. The van der Waals surface area contributed by atoms with Gasteiger partial charge in [0.15, 0.2) is 11.2 Å². The van der Waals surface area contributed by atoms with E-state index < -0.39 is 13.4 Å². The van der Waals surface area contributed by atoms with Crippen molar-refractivity contribution in [3.05, 3.63) is 28.8 Å². The fraction of sp³-hybridized carbons (Fsp3) is 0.364. The Labute approximate surface area is 123 Å². The van der Waals surface area contributed by atoms with Crippen molar-refractivity contribution in [2.75, 3.05) is 12.3 Å². The Morgan fingerprint density at radius 2 is 2.27 bits per heavy atom. The first-order valence-electron chi connectivity index (χ1n) is 6.44. The zero-order valence-electron chi connectivity index (χ0n) is 11.3. The van der Waals surface area contributed by atoms with Gasteiger partial charge in [-0.1, -0.05) is 12.2 Å². The highest BCUT2D eigenvalue weighted by Crippen LogP contribution is 2.38. The molecule has 0 saturated carbocycles. The van der Waals surface area contributed by atoms with Crippen molar-refractivity contribution in [1.29, 1.82) is 0 Å².